The minimum absolute atomic E-state index is 0.0799. The van der Waals surface area contributed by atoms with Crippen LogP contribution in [0.25, 0.3) is 11.1 Å². The number of aryl methyl sites for hydroxylation is 2. The van der Waals surface area contributed by atoms with Crippen molar-refractivity contribution in [1.29, 1.82) is 0 Å². The number of carbonyl (C=O) groups is 1. The largest absolute Gasteiger partial charge is 0.365 e. The van der Waals surface area contributed by atoms with Crippen molar-refractivity contribution in [2.75, 3.05) is 0 Å². The summed E-state index contributed by atoms with van der Waals surface area (Å²) >= 11 is 0. The molecule has 0 radical (unpaired) electrons. The number of pyridine rings is 1. The Labute approximate surface area is 109 Å². The Balaban J connectivity index is 2.76. The van der Waals surface area contributed by atoms with Crippen LogP contribution in [0.1, 0.15) is 15.9 Å². The Morgan fingerprint density at radius 2 is 1.95 bits per heavy atom. The third-order valence-electron chi connectivity index (χ3n) is 2.90. The molecular weight excluding hydrogens is 247 g/mol. The number of hydrogen-bond donors (Lipinski definition) is 1. The average Bonchev–Trinajstić information content (AvgIpc) is 2.32. The minimum atomic E-state index is -0.776. The van der Waals surface area contributed by atoms with Gasteiger partial charge in [-0.15, -0.1) is 0 Å². The fraction of sp³-hybridized carbons (Fsp3) is 0.143. The molecule has 98 valence electrons. The van der Waals surface area contributed by atoms with Gasteiger partial charge in [-0.2, -0.15) is 0 Å². The lowest BCUT2D eigenvalue weighted by Gasteiger charge is -2.09. The van der Waals surface area contributed by atoms with Gasteiger partial charge in [-0.3, -0.25) is 9.59 Å². The van der Waals surface area contributed by atoms with Gasteiger partial charge in [-0.1, -0.05) is 6.07 Å². The van der Waals surface area contributed by atoms with Gasteiger partial charge < -0.3 is 10.3 Å². The standard InChI is InChI=1S/C14H13FN2O2/c1-8-5-9(15)3-4-10(8)11-6-17(2)7-12(13(11)18)14(16)19/h3-7H,1-2H3,(H2,16,19). The number of benzene rings is 1. The van der Waals surface area contributed by atoms with E-state index in [-0.39, 0.29) is 11.4 Å². The molecule has 0 fully saturated rings. The van der Waals surface area contributed by atoms with E-state index < -0.39 is 11.3 Å². The summed E-state index contributed by atoms with van der Waals surface area (Å²) in [6.45, 7) is 1.70. The van der Waals surface area contributed by atoms with E-state index in [1.807, 2.05) is 0 Å². The van der Waals surface area contributed by atoms with E-state index in [0.717, 1.165) is 0 Å². The number of nitrogens with two attached hydrogens (primary N) is 1. The van der Waals surface area contributed by atoms with E-state index in [9.17, 15) is 14.0 Å². The quantitative estimate of drug-likeness (QED) is 0.891. The number of aromatic nitrogens is 1. The lowest BCUT2D eigenvalue weighted by Crippen LogP contribution is -2.24. The van der Waals surface area contributed by atoms with Crippen LogP contribution >= 0.6 is 0 Å². The highest BCUT2D eigenvalue weighted by Gasteiger charge is 2.14. The fourth-order valence-corrected chi connectivity index (χ4v) is 2.00. The lowest BCUT2D eigenvalue weighted by atomic mass is 10.00. The van der Waals surface area contributed by atoms with Gasteiger partial charge in [0.25, 0.3) is 5.91 Å². The maximum absolute atomic E-state index is 13.1. The van der Waals surface area contributed by atoms with Gasteiger partial charge in [-0.25, -0.2) is 4.39 Å². The average molecular weight is 260 g/mol. The number of nitrogens with zero attached hydrogens (tertiary/aromatic N) is 1. The van der Waals surface area contributed by atoms with Gasteiger partial charge in [0, 0.05) is 25.0 Å². The maximum atomic E-state index is 13.1. The van der Waals surface area contributed by atoms with E-state index in [2.05, 4.69) is 0 Å². The molecule has 1 heterocycles. The van der Waals surface area contributed by atoms with Crippen molar-refractivity contribution < 1.29 is 9.18 Å². The molecule has 5 heteroatoms. The highest BCUT2D eigenvalue weighted by Crippen LogP contribution is 2.21. The Kier molecular flexibility index (Phi) is 3.21. The lowest BCUT2D eigenvalue weighted by molar-refractivity contribution is 0.0998. The van der Waals surface area contributed by atoms with E-state index in [4.69, 9.17) is 5.73 Å². The van der Waals surface area contributed by atoms with Crippen LogP contribution in [0.2, 0.25) is 0 Å². The molecule has 0 aliphatic rings. The predicted octanol–water partition coefficient (Wildman–Crippen LogP) is 1.60. The van der Waals surface area contributed by atoms with Crippen molar-refractivity contribution in [3.05, 3.63) is 57.8 Å². The Morgan fingerprint density at radius 1 is 1.26 bits per heavy atom. The molecule has 0 atom stereocenters. The van der Waals surface area contributed by atoms with Gasteiger partial charge in [0.05, 0.1) is 0 Å². The highest BCUT2D eigenvalue weighted by atomic mass is 19.1. The second kappa shape index (κ2) is 4.68. The molecule has 0 bridgehead atoms. The summed E-state index contributed by atoms with van der Waals surface area (Å²) in [7, 11) is 1.69. The first-order valence-corrected chi connectivity index (χ1v) is 5.66. The van der Waals surface area contributed by atoms with Gasteiger partial charge in [0.2, 0.25) is 5.43 Å². The molecule has 0 unspecified atom stereocenters. The summed E-state index contributed by atoms with van der Waals surface area (Å²) in [6, 6.07) is 4.14. The molecule has 1 aromatic carbocycles. The Morgan fingerprint density at radius 3 is 2.53 bits per heavy atom. The molecule has 0 saturated carbocycles. The predicted molar refractivity (Wildman–Crippen MR) is 70.3 cm³/mol. The summed E-state index contributed by atoms with van der Waals surface area (Å²) in [5, 5.41) is 0. The summed E-state index contributed by atoms with van der Waals surface area (Å²) in [5.74, 6) is -1.15. The number of halogens is 1. The van der Waals surface area contributed by atoms with Crippen LogP contribution in [0.15, 0.2) is 35.4 Å². The van der Waals surface area contributed by atoms with Crippen LogP contribution in [-0.4, -0.2) is 10.5 Å². The maximum Gasteiger partial charge on any atom is 0.254 e. The number of primary amides is 1. The number of carbonyl (C=O) groups excluding carboxylic acids is 1. The van der Waals surface area contributed by atoms with E-state index in [0.29, 0.717) is 16.7 Å². The van der Waals surface area contributed by atoms with Crippen molar-refractivity contribution in [1.82, 2.24) is 4.57 Å². The molecule has 2 rings (SSSR count). The first kappa shape index (κ1) is 13.0. The zero-order valence-corrected chi connectivity index (χ0v) is 10.6. The normalized spacial score (nSPS) is 10.5. The van der Waals surface area contributed by atoms with Crippen LogP contribution < -0.4 is 11.2 Å². The van der Waals surface area contributed by atoms with Gasteiger partial charge >= 0.3 is 0 Å². The molecule has 0 spiro atoms. The molecule has 1 aromatic heterocycles. The molecular formula is C14H13FN2O2. The van der Waals surface area contributed by atoms with Crippen LogP contribution in [0.5, 0.6) is 0 Å². The zero-order chi connectivity index (χ0) is 14.2. The topological polar surface area (TPSA) is 65.1 Å². The molecule has 0 aliphatic carbocycles. The summed E-state index contributed by atoms with van der Waals surface area (Å²) < 4.78 is 14.7. The van der Waals surface area contributed by atoms with Crippen molar-refractivity contribution >= 4 is 5.91 Å². The molecule has 1 amide bonds. The summed E-state index contributed by atoms with van der Waals surface area (Å²) in [4.78, 5) is 23.4. The van der Waals surface area contributed by atoms with Crippen LogP contribution in [0.3, 0.4) is 0 Å². The first-order chi connectivity index (χ1) is 8.90. The number of hydrogen-bond acceptors (Lipinski definition) is 2. The van der Waals surface area contributed by atoms with Gasteiger partial charge in [0.1, 0.15) is 11.4 Å². The van der Waals surface area contributed by atoms with Crippen LogP contribution in [0.4, 0.5) is 4.39 Å². The van der Waals surface area contributed by atoms with Gasteiger partial charge in [-0.05, 0) is 30.2 Å². The van der Waals surface area contributed by atoms with Crippen molar-refractivity contribution in [2.24, 2.45) is 12.8 Å². The van der Waals surface area contributed by atoms with Crippen molar-refractivity contribution in [3.63, 3.8) is 0 Å². The highest BCUT2D eigenvalue weighted by molar-refractivity contribution is 5.93. The van der Waals surface area contributed by atoms with E-state index in [1.165, 1.54) is 24.4 Å². The second-order valence-electron chi connectivity index (χ2n) is 4.40. The second-order valence-corrected chi connectivity index (χ2v) is 4.40. The monoisotopic (exact) mass is 260 g/mol. The summed E-state index contributed by atoms with van der Waals surface area (Å²) in [5.41, 5.74) is 6.20. The molecule has 19 heavy (non-hydrogen) atoms. The number of amides is 1. The van der Waals surface area contributed by atoms with Gasteiger partial charge in [0.15, 0.2) is 0 Å². The molecule has 4 nitrogen and oxygen atoms in total. The molecule has 0 aliphatic heterocycles. The minimum Gasteiger partial charge on any atom is -0.365 e. The van der Waals surface area contributed by atoms with E-state index in [1.54, 1.807) is 24.7 Å². The van der Waals surface area contributed by atoms with Crippen molar-refractivity contribution in [3.8, 4) is 11.1 Å². The van der Waals surface area contributed by atoms with Crippen molar-refractivity contribution in [2.45, 2.75) is 6.92 Å². The first-order valence-electron chi connectivity index (χ1n) is 5.66. The smallest absolute Gasteiger partial charge is 0.254 e. The third kappa shape index (κ3) is 2.40. The summed E-state index contributed by atoms with van der Waals surface area (Å²) in [6.07, 6.45) is 2.97. The molecule has 0 saturated heterocycles. The fourth-order valence-electron chi connectivity index (χ4n) is 2.00. The SMILES string of the molecule is Cc1cc(F)ccc1-c1cn(C)cc(C(N)=O)c1=O. The zero-order valence-electron chi connectivity index (χ0n) is 10.6. The Hall–Kier alpha value is -2.43. The van der Waals surface area contributed by atoms with Crippen LogP contribution in [0, 0.1) is 12.7 Å². The molecule has 2 N–H and O–H groups in total. The van der Waals surface area contributed by atoms with Crippen LogP contribution in [-0.2, 0) is 7.05 Å². The number of rotatable bonds is 2. The third-order valence-corrected chi connectivity index (χ3v) is 2.90. The Bertz CT molecular complexity index is 720. The van der Waals surface area contributed by atoms with E-state index >= 15 is 0 Å². The molecule has 2 aromatic rings.